The first-order valence-corrected chi connectivity index (χ1v) is 7.68. The molecule has 0 bridgehead atoms. The summed E-state index contributed by atoms with van der Waals surface area (Å²) < 4.78 is 25.3. The van der Waals surface area contributed by atoms with Crippen LogP contribution < -0.4 is 10.0 Å². The molecule has 1 aromatic carbocycles. The molecule has 1 fully saturated rings. The monoisotopic (exact) mass is 254 g/mol. The lowest BCUT2D eigenvalue weighted by Crippen LogP contribution is -2.38. The summed E-state index contributed by atoms with van der Waals surface area (Å²) >= 11 is 0. The minimum Gasteiger partial charge on any atom is -0.399 e. The standard InChI is InChI=1S/C12H18N2O2S/c1-17(15,16)14(11-4-2-3-5-11)12-8-6-10(13)7-9-12/h6-9,11H,2-5,13H2,1H3. The van der Waals surface area contributed by atoms with E-state index in [2.05, 4.69) is 0 Å². The number of sulfonamides is 1. The number of hydrogen-bond donors (Lipinski definition) is 1. The maximum absolute atomic E-state index is 11.9. The van der Waals surface area contributed by atoms with E-state index < -0.39 is 10.0 Å². The Bertz CT molecular complexity index is 476. The molecule has 0 amide bonds. The zero-order valence-electron chi connectivity index (χ0n) is 9.96. The second-order valence-electron chi connectivity index (χ2n) is 4.59. The Morgan fingerprint density at radius 2 is 1.71 bits per heavy atom. The van der Waals surface area contributed by atoms with Crippen LogP contribution in [0.2, 0.25) is 0 Å². The molecule has 0 saturated heterocycles. The lowest BCUT2D eigenvalue weighted by molar-refractivity contribution is 0.580. The van der Waals surface area contributed by atoms with Gasteiger partial charge in [-0.15, -0.1) is 0 Å². The second kappa shape index (κ2) is 4.56. The van der Waals surface area contributed by atoms with Gasteiger partial charge in [-0.25, -0.2) is 8.42 Å². The number of nitrogens with zero attached hydrogens (tertiary/aromatic N) is 1. The zero-order valence-corrected chi connectivity index (χ0v) is 10.8. The molecule has 0 heterocycles. The van der Waals surface area contributed by atoms with Crippen molar-refractivity contribution < 1.29 is 8.42 Å². The van der Waals surface area contributed by atoms with Crippen LogP contribution in [0.25, 0.3) is 0 Å². The third-order valence-corrected chi connectivity index (χ3v) is 4.38. The minimum atomic E-state index is -3.22. The second-order valence-corrected chi connectivity index (χ2v) is 6.45. The van der Waals surface area contributed by atoms with E-state index in [1.807, 2.05) is 0 Å². The lowest BCUT2D eigenvalue weighted by atomic mass is 10.2. The third-order valence-electron chi connectivity index (χ3n) is 3.16. The topological polar surface area (TPSA) is 63.4 Å². The maximum atomic E-state index is 11.9. The summed E-state index contributed by atoms with van der Waals surface area (Å²) in [5.74, 6) is 0. The van der Waals surface area contributed by atoms with E-state index in [0.717, 1.165) is 25.7 Å². The van der Waals surface area contributed by atoms with E-state index >= 15 is 0 Å². The van der Waals surface area contributed by atoms with E-state index in [-0.39, 0.29) is 6.04 Å². The molecule has 1 saturated carbocycles. The van der Waals surface area contributed by atoms with Gasteiger partial charge in [0.1, 0.15) is 0 Å². The van der Waals surface area contributed by atoms with E-state index in [0.29, 0.717) is 11.4 Å². The molecule has 0 aromatic heterocycles. The van der Waals surface area contributed by atoms with Crippen molar-refractivity contribution in [1.29, 1.82) is 0 Å². The van der Waals surface area contributed by atoms with Gasteiger partial charge >= 0.3 is 0 Å². The Morgan fingerprint density at radius 1 is 1.18 bits per heavy atom. The molecule has 2 N–H and O–H groups in total. The van der Waals surface area contributed by atoms with Crippen molar-refractivity contribution in [2.75, 3.05) is 16.3 Å². The number of nitrogen functional groups attached to an aromatic ring is 1. The fourth-order valence-electron chi connectivity index (χ4n) is 2.43. The summed E-state index contributed by atoms with van der Waals surface area (Å²) in [5.41, 5.74) is 6.98. The van der Waals surface area contributed by atoms with Gasteiger partial charge in [-0.05, 0) is 37.1 Å². The van der Waals surface area contributed by atoms with Crippen molar-refractivity contribution in [2.24, 2.45) is 0 Å². The van der Waals surface area contributed by atoms with Gasteiger partial charge in [0, 0.05) is 11.7 Å². The van der Waals surface area contributed by atoms with Gasteiger partial charge < -0.3 is 5.73 Å². The molecule has 0 aliphatic heterocycles. The molecule has 1 aliphatic carbocycles. The fraction of sp³-hybridized carbons (Fsp3) is 0.500. The smallest absolute Gasteiger partial charge is 0.232 e. The van der Waals surface area contributed by atoms with E-state index in [4.69, 9.17) is 5.73 Å². The van der Waals surface area contributed by atoms with Gasteiger partial charge in [0.15, 0.2) is 0 Å². The molecule has 1 aliphatic rings. The van der Waals surface area contributed by atoms with E-state index in [9.17, 15) is 8.42 Å². The van der Waals surface area contributed by atoms with E-state index in [1.54, 1.807) is 28.6 Å². The number of nitrogens with two attached hydrogens (primary N) is 1. The van der Waals surface area contributed by atoms with Crippen molar-refractivity contribution in [3.63, 3.8) is 0 Å². The summed E-state index contributed by atoms with van der Waals surface area (Å²) in [6, 6.07) is 7.13. The molecule has 17 heavy (non-hydrogen) atoms. The van der Waals surface area contributed by atoms with Crippen LogP contribution in [0, 0.1) is 0 Å². The highest BCUT2D eigenvalue weighted by molar-refractivity contribution is 7.92. The molecule has 5 heteroatoms. The normalized spacial score (nSPS) is 17.2. The molecule has 0 radical (unpaired) electrons. The highest BCUT2D eigenvalue weighted by atomic mass is 32.2. The van der Waals surface area contributed by atoms with E-state index in [1.165, 1.54) is 6.26 Å². The SMILES string of the molecule is CS(=O)(=O)N(c1ccc(N)cc1)C1CCCC1. The fourth-order valence-corrected chi connectivity index (χ4v) is 3.69. The van der Waals surface area contributed by atoms with Crippen molar-refractivity contribution in [3.05, 3.63) is 24.3 Å². The maximum Gasteiger partial charge on any atom is 0.232 e. The van der Waals surface area contributed by atoms with Crippen molar-refractivity contribution in [3.8, 4) is 0 Å². The van der Waals surface area contributed by atoms with Crippen LogP contribution in [0.3, 0.4) is 0 Å². The first-order valence-electron chi connectivity index (χ1n) is 5.83. The number of anilines is 2. The number of rotatable bonds is 3. The summed E-state index contributed by atoms with van der Waals surface area (Å²) in [5, 5.41) is 0. The van der Waals surface area contributed by atoms with Gasteiger partial charge in [-0.2, -0.15) is 0 Å². The van der Waals surface area contributed by atoms with Crippen LogP contribution in [0.15, 0.2) is 24.3 Å². The Hall–Kier alpha value is -1.23. The van der Waals surface area contributed by atoms with Crippen molar-refractivity contribution >= 4 is 21.4 Å². The molecular weight excluding hydrogens is 236 g/mol. The van der Waals surface area contributed by atoms with Gasteiger partial charge in [0.25, 0.3) is 0 Å². The average molecular weight is 254 g/mol. The first kappa shape index (κ1) is 12.2. The first-order chi connectivity index (χ1) is 7.98. The summed E-state index contributed by atoms with van der Waals surface area (Å²) in [7, 11) is -3.22. The molecule has 94 valence electrons. The third kappa shape index (κ3) is 2.72. The average Bonchev–Trinajstić information content (AvgIpc) is 2.72. The van der Waals surface area contributed by atoms with Gasteiger partial charge in [-0.3, -0.25) is 4.31 Å². The Labute approximate surface area is 102 Å². The van der Waals surface area contributed by atoms with Gasteiger partial charge in [-0.1, -0.05) is 12.8 Å². The molecule has 0 spiro atoms. The number of hydrogen-bond acceptors (Lipinski definition) is 3. The largest absolute Gasteiger partial charge is 0.399 e. The van der Waals surface area contributed by atoms with Crippen LogP contribution >= 0.6 is 0 Å². The van der Waals surface area contributed by atoms with Crippen LogP contribution in [-0.2, 0) is 10.0 Å². The Morgan fingerprint density at radius 3 is 2.18 bits per heavy atom. The highest BCUT2D eigenvalue weighted by Gasteiger charge is 2.29. The highest BCUT2D eigenvalue weighted by Crippen LogP contribution is 2.30. The molecule has 2 rings (SSSR count). The summed E-state index contributed by atoms with van der Waals surface area (Å²) in [6.07, 6.45) is 5.36. The predicted octanol–water partition coefficient (Wildman–Crippen LogP) is 1.98. The molecule has 1 aromatic rings. The summed E-state index contributed by atoms with van der Waals surface area (Å²) in [6.45, 7) is 0. The predicted molar refractivity (Wildman–Crippen MR) is 70.4 cm³/mol. The molecule has 0 atom stereocenters. The van der Waals surface area contributed by atoms with Crippen molar-refractivity contribution in [1.82, 2.24) is 0 Å². The molecule has 4 nitrogen and oxygen atoms in total. The van der Waals surface area contributed by atoms with Gasteiger partial charge in [0.2, 0.25) is 10.0 Å². The van der Waals surface area contributed by atoms with Crippen LogP contribution in [-0.4, -0.2) is 20.7 Å². The lowest BCUT2D eigenvalue weighted by Gasteiger charge is -2.28. The molecular formula is C12H18N2O2S. The quantitative estimate of drug-likeness (QED) is 0.839. The Balaban J connectivity index is 2.36. The van der Waals surface area contributed by atoms with Gasteiger partial charge in [0.05, 0.1) is 11.9 Å². The summed E-state index contributed by atoms with van der Waals surface area (Å²) in [4.78, 5) is 0. The number of benzene rings is 1. The van der Waals surface area contributed by atoms with Crippen LogP contribution in [0.5, 0.6) is 0 Å². The van der Waals surface area contributed by atoms with Crippen LogP contribution in [0.1, 0.15) is 25.7 Å². The van der Waals surface area contributed by atoms with Crippen LogP contribution in [0.4, 0.5) is 11.4 Å². The Kier molecular flexibility index (Phi) is 3.28. The molecule has 0 unspecified atom stereocenters. The van der Waals surface area contributed by atoms with Crippen molar-refractivity contribution in [2.45, 2.75) is 31.7 Å². The minimum absolute atomic E-state index is 0.105. The zero-order chi connectivity index (χ0) is 12.5.